The van der Waals surface area contributed by atoms with Crippen molar-refractivity contribution in [1.29, 1.82) is 0 Å². The van der Waals surface area contributed by atoms with Crippen molar-refractivity contribution in [3.8, 4) is 0 Å². The predicted octanol–water partition coefficient (Wildman–Crippen LogP) is 2.81. The van der Waals surface area contributed by atoms with Crippen LogP contribution in [0.1, 0.15) is 36.6 Å². The first kappa shape index (κ1) is 19.7. The van der Waals surface area contributed by atoms with Gasteiger partial charge in [-0.3, -0.25) is 14.5 Å². The summed E-state index contributed by atoms with van der Waals surface area (Å²) in [5.41, 5.74) is 7.15. The summed E-state index contributed by atoms with van der Waals surface area (Å²) in [4.78, 5) is 26.5. The van der Waals surface area contributed by atoms with Crippen molar-refractivity contribution in [2.45, 2.75) is 25.3 Å². The molecule has 0 spiro atoms. The average Bonchev–Trinajstić information content (AvgIpc) is 3.39. The van der Waals surface area contributed by atoms with Crippen LogP contribution in [-0.4, -0.2) is 47.1 Å². The van der Waals surface area contributed by atoms with Gasteiger partial charge in [0.25, 0.3) is 5.91 Å². The van der Waals surface area contributed by atoms with Crippen molar-refractivity contribution in [3.05, 3.63) is 59.0 Å². The fourth-order valence-electron chi connectivity index (χ4n) is 3.90. The van der Waals surface area contributed by atoms with E-state index >= 15 is 0 Å². The highest BCUT2D eigenvalue weighted by Gasteiger charge is 2.36. The van der Waals surface area contributed by atoms with Gasteiger partial charge in [-0.2, -0.15) is 5.10 Å². The number of hydrogen-bond acceptors (Lipinski definition) is 5. The second kappa shape index (κ2) is 8.39. The topological polar surface area (TPSA) is 92.1 Å². The quantitative estimate of drug-likeness (QED) is 0.814. The van der Waals surface area contributed by atoms with Gasteiger partial charge in [-0.15, -0.1) is 0 Å². The largest absolute Gasteiger partial charge is 0.467 e. The van der Waals surface area contributed by atoms with E-state index in [1.165, 1.54) is 5.01 Å². The Labute approximate surface area is 174 Å². The van der Waals surface area contributed by atoms with Gasteiger partial charge in [-0.25, -0.2) is 5.01 Å². The zero-order chi connectivity index (χ0) is 20.4. The minimum Gasteiger partial charge on any atom is -0.467 e. The maximum atomic E-state index is 13.1. The summed E-state index contributed by atoms with van der Waals surface area (Å²) in [6.07, 6.45) is 3.55. The van der Waals surface area contributed by atoms with Crippen LogP contribution >= 0.6 is 11.6 Å². The lowest BCUT2D eigenvalue weighted by Gasteiger charge is -2.31. The molecule has 7 nitrogen and oxygen atoms in total. The molecular weight excluding hydrogens is 392 g/mol. The molecule has 0 bridgehead atoms. The minimum absolute atomic E-state index is 0.0899. The Bertz CT molecular complexity index is 903. The van der Waals surface area contributed by atoms with Gasteiger partial charge in [-0.05, 0) is 55.8 Å². The lowest BCUT2D eigenvalue weighted by atomic mass is 9.96. The van der Waals surface area contributed by atoms with Gasteiger partial charge in [-0.1, -0.05) is 23.7 Å². The molecule has 2 aromatic rings. The van der Waals surface area contributed by atoms with Crippen molar-refractivity contribution in [2.24, 2.45) is 16.8 Å². The maximum Gasteiger partial charge on any atom is 0.257 e. The molecule has 29 heavy (non-hydrogen) atoms. The van der Waals surface area contributed by atoms with E-state index in [0.29, 0.717) is 43.1 Å². The fraction of sp³-hybridized carbons (Fsp3) is 0.381. The lowest BCUT2D eigenvalue weighted by Crippen LogP contribution is -2.43. The number of hydrogen-bond donors (Lipinski definition) is 1. The molecule has 1 aromatic carbocycles. The summed E-state index contributed by atoms with van der Waals surface area (Å²) >= 11 is 5.99. The predicted molar refractivity (Wildman–Crippen MR) is 109 cm³/mol. The number of carbonyl (C=O) groups excluding carboxylic acids is 2. The molecule has 1 aromatic heterocycles. The van der Waals surface area contributed by atoms with Crippen molar-refractivity contribution < 1.29 is 14.0 Å². The minimum atomic E-state index is -0.272. The third-order valence-electron chi connectivity index (χ3n) is 5.56. The van der Waals surface area contributed by atoms with E-state index in [9.17, 15) is 9.59 Å². The number of nitrogens with two attached hydrogens (primary N) is 1. The average molecular weight is 415 g/mol. The highest BCUT2D eigenvalue weighted by atomic mass is 35.5. The van der Waals surface area contributed by atoms with E-state index in [1.807, 2.05) is 36.4 Å². The van der Waals surface area contributed by atoms with E-state index in [-0.39, 0.29) is 30.3 Å². The molecule has 152 valence electrons. The molecule has 0 unspecified atom stereocenters. The van der Waals surface area contributed by atoms with Crippen molar-refractivity contribution in [3.63, 3.8) is 0 Å². The van der Waals surface area contributed by atoms with Gasteiger partial charge in [0, 0.05) is 17.4 Å². The number of hydrazone groups is 1. The molecule has 3 heterocycles. The number of piperidine rings is 1. The normalized spacial score (nSPS) is 20.7. The highest BCUT2D eigenvalue weighted by Crippen LogP contribution is 2.33. The number of furan rings is 1. The van der Waals surface area contributed by atoms with Gasteiger partial charge in [0.15, 0.2) is 0 Å². The Hall–Kier alpha value is -2.64. The van der Waals surface area contributed by atoms with Gasteiger partial charge in [0.2, 0.25) is 5.91 Å². The van der Waals surface area contributed by atoms with Crippen LogP contribution in [0.2, 0.25) is 5.02 Å². The van der Waals surface area contributed by atoms with Crippen LogP contribution in [0, 0.1) is 5.92 Å². The van der Waals surface area contributed by atoms with E-state index in [2.05, 4.69) is 10.0 Å². The number of likely N-dealkylation sites (tertiary alicyclic amines) is 1. The van der Waals surface area contributed by atoms with Crippen LogP contribution in [0.15, 0.2) is 52.2 Å². The third-order valence-corrected chi connectivity index (χ3v) is 5.82. The van der Waals surface area contributed by atoms with E-state index in [4.69, 9.17) is 21.8 Å². The third kappa shape index (κ3) is 4.36. The first-order chi connectivity index (χ1) is 14.0. The monoisotopic (exact) mass is 414 g/mol. The van der Waals surface area contributed by atoms with Crippen LogP contribution in [-0.2, 0) is 9.59 Å². The van der Waals surface area contributed by atoms with Crippen molar-refractivity contribution in [2.75, 3.05) is 19.6 Å². The van der Waals surface area contributed by atoms with Gasteiger partial charge < -0.3 is 10.2 Å². The van der Waals surface area contributed by atoms with Crippen LogP contribution in [0.3, 0.4) is 0 Å². The Morgan fingerprint density at radius 2 is 1.90 bits per heavy atom. The summed E-state index contributed by atoms with van der Waals surface area (Å²) in [7, 11) is 0. The summed E-state index contributed by atoms with van der Waals surface area (Å²) in [6, 6.07) is 10.8. The van der Waals surface area contributed by atoms with Crippen LogP contribution in [0.4, 0.5) is 0 Å². The number of amides is 2. The maximum absolute atomic E-state index is 13.1. The second-order valence-electron chi connectivity index (χ2n) is 7.48. The molecule has 2 N–H and O–H groups in total. The summed E-state index contributed by atoms with van der Waals surface area (Å²) < 4.78 is 5.58. The highest BCUT2D eigenvalue weighted by molar-refractivity contribution is 6.30. The number of benzene rings is 1. The Balaban J connectivity index is 1.49. The summed E-state index contributed by atoms with van der Waals surface area (Å²) in [5.74, 6) is 0.260. The van der Waals surface area contributed by atoms with E-state index in [0.717, 1.165) is 11.3 Å². The zero-order valence-electron chi connectivity index (χ0n) is 16.0. The van der Waals surface area contributed by atoms with E-state index < -0.39 is 0 Å². The summed E-state index contributed by atoms with van der Waals surface area (Å²) in [5, 5.41) is 6.82. The number of halogens is 1. The Morgan fingerprint density at radius 3 is 2.52 bits per heavy atom. The number of rotatable bonds is 5. The molecule has 4 rings (SSSR count). The number of nitrogens with zero attached hydrogens (tertiary/aromatic N) is 3. The van der Waals surface area contributed by atoms with Crippen molar-refractivity contribution >= 4 is 29.1 Å². The molecule has 0 radical (unpaired) electrons. The molecule has 1 fully saturated rings. The van der Waals surface area contributed by atoms with Gasteiger partial charge >= 0.3 is 0 Å². The molecule has 0 aliphatic carbocycles. The Kier molecular flexibility index (Phi) is 5.69. The molecule has 2 aliphatic rings. The fourth-order valence-corrected chi connectivity index (χ4v) is 4.02. The van der Waals surface area contributed by atoms with E-state index in [1.54, 1.807) is 6.26 Å². The molecule has 2 amide bonds. The zero-order valence-corrected chi connectivity index (χ0v) is 16.7. The lowest BCUT2D eigenvalue weighted by molar-refractivity contribution is -0.135. The molecular formula is C21H23ClN4O3. The number of primary amides is 1. The summed E-state index contributed by atoms with van der Waals surface area (Å²) in [6.45, 7) is 1.60. The molecule has 8 heteroatoms. The smallest absolute Gasteiger partial charge is 0.257 e. The van der Waals surface area contributed by atoms with Crippen LogP contribution in [0.25, 0.3) is 0 Å². The molecule has 1 saturated heterocycles. The molecule has 1 atom stereocenters. The first-order valence-electron chi connectivity index (χ1n) is 9.72. The Morgan fingerprint density at radius 1 is 1.17 bits per heavy atom. The first-order valence-corrected chi connectivity index (χ1v) is 10.1. The molecule has 0 saturated carbocycles. The SMILES string of the molecule is NC(=O)C1CCN(CC(=O)N2N=C(c3ccc(Cl)cc3)C[C@H]2c2ccco2)CC1. The standard InChI is InChI=1S/C21H23ClN4O3/c22-16-5-3-14(4-6-16)17-12-18(19-2-1-11-29-19)26(24-17)20(27)13-25-9-7-15(8-10-25)21(23)28/h1-6,11,15,18H,7-10,12-13H2,(H2,23,28)/t18-/m0/s1. The van der Waals surface area contributed by atoms with Gasteiger partial charge in [0.1, 0.15) is 11.8 Å². The molecule has 2 aliphatic heterocycles. The van der Waals surface area contributed by atoms with Gasteiger partial charge in [0.05, 0.1) is 18.5 Å². The van der Waals surface area contributed by atoms with Crippen LogP contribution in [0.5, 0.6) is 0 Å². The second-order valence-corrected chi connectivity index (χ2v) is 7.92. The number of carbonyl (C=O) groups is 2. The van der Waals surface area contributed by atoms with Crippen molar-refractivity contribution in [1.82, 2.24) is 9.91 Å². The van der Waals surface area contributed by atoms with Crippen LogP contribution < -0.4 is 5.73 Å².